The van der Waals surface area contributed by atoms with Crippen LogP contribution in [0.3, 0.4) is 0 Å². The first-order valence-corrected chi connectivity index (χ1v) is 5.60. The lowest BCUT2D eigenvalue weighted by Crippen LogP contribution is -2.08. The first-order valence-electron chi connectivity index (χ1n) is 5.60. The number of carboxylic acids is 1. The molecule has 0 saturated heterocycles. The van der Waals surface area contributed by atoms with Crippen LogP contribution >= 0.6 is 0 Å². The highest BCUT2D eigenvalue weighted by molar-refractivity contribution is 5.87. The van der Waals surface area contributed by atoms with E-state index in [0.717, 1.165) is 5.56 Å². The summed E-state index contributed by atoms with van der Waals surface area (Å²) in [6.45, 7) is 3.05. The van der Waals surface area contributed by atoms with Gasteiger partial charge in [0.25, 0.3) is 0 Å². The fourth-order valence-corrected chi connectivity index (χ4v) is 1.57. The molecular weight excluding hydrogens is 232 g/mol. The summed E-state index contributed by atoms with van der Waals surface area (Å²) in [5.41, 5.74) is 1.32. The highest BCUT2D eigenvalue weighted by atomic mass is 16.5. The third-order valence-corrected chi connectivity index (χ3v) is 2.43. The molecule has 0 amide bonds. The van der Waals surface area contributed by atoms with E-state index < -0.39 is 5.97 Å². The van der Waals surface area contributed by atoms with Crippen LogP contribution in [0.1, 0.15) is 15.9 Å². The molecule has 0 atom stereocenters. The monoisotopic (exact) mass is 246 g/mol. The van der Waals surface area contributed by atoms with Crippen molar-refractivity contribution in [1.29, 1.82) is 0 Å². The molecule has 0 aliphatic carbocycles. The van der Waals surface area contributed by atoms with E-state index in [1.54, 1.807) is 23.0 Å². The minimum atomic E-state index is -0.955. The second kappa shape index (κ2) is 5.35. The zero-order chi connectivity index (χ0) is 13.0. The molecule has 1 aromatic heterocycles. The van der Waals surface area contributed by atoms with Crippen LogP contribution in [0.2, 0.25) is 0 Å². The van der Waals surface area contributed by atoms with Crippen molar-refractivity contribution in [3.8, 4) is 5.75 Å². The number of rotatable bonds is 5. The van der Waals surface area contributed by atoms with Crippen molar-refractivity contribution in [2.75, 3.05) is 6.61 Å². The van der Waals surface area contributed by atoms with Crippen LogP contribution in [0.15, 0.2) is 36.7 Å². The molecule has 94 valence electrons. The van der Waals surface area contributed by atoms with Gasteiger partial charge in [-0.1, -0.05) is 6.07 Å². The molecule has 0 spiro atoms. The maximum atomic E-state index is 10.8. The average Bonchev–Trinajstić information content (AvgIpc) is 2.75. The van der Waals surface area contributed by atoms with Crippen molar-refractivity contribution in [2.45, 2.75) is 13.5 Å². The lowest BCUT2D eigenvalue weighted by Gasteiger charge is -2.06. The van der Waals surface area contributed by atoms with Gasteiger partial charge in [-0.15, -0.1) is 0 Å². The molecule has 0 unspecified atom stereocenters. The van der Waals surface area contributed by atoms with Gasteiger partial charge in [0.15, 0.2) is 0 Å². The smallest absolute Gasteiger partial charge is 0.335 e. The van der Waals surface area contributed by atoms with Crippen LogP contribution in [0.4, 0.5) is 0 Å². The zero-order valence-corrected chi connectivity index (χ0v) is 10.0. The predicted octanol–water partition coefficient (Wildman–Crippen LogP) is 1.97. The summed E-state index contributed by atoms with van der Waals surface area (Å²) in [6, 6.07) is 6.44. The first-order chi connectivity index (χ1) is 8.65. The fourth-order valence-electron chi connectivity index (χ4n) is 1.57. The van der Waals surface area contributed by atoms with E-state index in [1.165, 1.54) is 12.1 Å². The molecule has 1 aromatic carbocycles. The van der Waals surface area contributed by atoms with Crippen LogP contribution in [0.5, 0.6) is 5.75 Å². The molecule has 1 N–H and O–H groups in total. The van der Waals surface area contributed by atoms with Crippen molar-refractivity contribution in [3.63, 3.8) is 0 Å². The van der Waals surface area contributed by atoms with E-state index in [-0.39, 0.29) is 5.56 Å². The number of aromatic nitrogens is 2. The van der Waals surface area contributed by atoms with E-state index >= 15 is 0 Å². The molecule has 0 aliphatic rings. The Bertz CT molecular complexity index is 549. The summed E-state index contributed by atoms with van der Waals surface area (Å²) in [5.74, 6) is -0.401. The molecule has 18 heavy (non-hydrogen) atoms. The van der Waals surface area contributed by atoms with Gasteiger partial charge in [-0.25, -0.2) is 4.79 Å². The van der Waals surface area contributed by atoms with Gasteiger partial charge < -0.3 is 9.84 Å². The summed E-state index contributed by atoms with van der Waals surface area (Å²) in [4.78, 5) is 10.8. The van der Waals surface area contributed by atoms with Gasteiger partial charge in [0.1, 0.15) is 12.4 Å². The van der Waals surface area contributed by atoms with Crippen molar-refractivity contribution < 1.29 is 14.6 Å². The SMILES string of the molecule is Cc1cnn(CCOc2cccc(C(=O)O)c2)c1. The Balaban J connectivity index is 1.90. The Morgan fingerprint density at radius 2 is 2.33 bits per heavy atom. The van der Waals surface area contributed by atoms with Gasteiger partial charge in [0.05, 0.1) is 18.3 Å². The van der Waals surface area contributed by atoms with Gasteiger partial charge in [-0.2, -0.15) is 5.10 Å². The van der Waals surface area contributed by atoms with E-state index in [1.807, 2.05) is 13.1 Å². The molecular formula is C13H14N2O3. The summed E-state index contributed by atoms with van der Waals surface area (Å²) in [6.07, 6.45) is 3.71. The third kappa shape index (κ3) is 3.10. The van der Waals surface area contributed by atoms with Gasteiger partial charge >= 0.3 is 5.97 Å². The largest absolute Gasteiger partial charge is 0.492 e. The quantitative estimate of drug-likeness (QED) is 0.876. The molecule has 0 bridgehead atoms. The highest BCUT2D eigenvalue weighted by Crippen LogP contribution is 2.13. The van der Waals surface area contributed by atoms with E-state index in [2.05, 4.69) is 5.10 Å². The van der Waals surface area contributed by atoms with Crippen molar-refractivity contribution in [2.24, 2.45) is 0 Å². The lowest BCUT2D eigenvalue weighted by atomic mass is 10.2. The summed E-state index contributed by atoms with van der Waals surface area (Å²) >= 11 is 0. The number of hydrogen-bond donors (Lipinski definition) is 1. The normalized spacial score (nSPS) is 10.3. The highest BCUT2D eigenvalue weighted by Gasteiger charge is 2.03. The number of carbonyl (C=O) groups is 1. The maximum absolute atomic E-state index is 10.8. The Morgan fingerprint density at radius 1 is 1.50 bits per heavy atom. The van der Waals surface area contributed by atoms with E-state index in [4.69, 9.17) is 9.84 Å². The first kappa shape index (κ1) is 12.2. The summed E-state index contributed by atoms with van der Waals surface area (Å²) in [7, 11) is 0. The second-order valence-corrected chi connectivity index (χ2v) is 3.96. The van der Waals surface area contributed by atoms with Crippen LogP contribution < -0.4 is 4.74 Å². The van der Waals surface area contributed by atoms with Crippen LogP contribution in [-0.4, -0.2) is 27.5 Å². The molecule has 5 nitrogen and oxygen atoms in total. The molecule has 2 aromatic rings. The molecule has 2 rings (SSSR count). The Morgan fingerprint density at radius 3 is 3.00 bits per heavy atom. The number of aryl methyl sites for hydroxylation is 1. The van der Waals surface area contributed by atoms with Crippen LogP contribution in [0, 0.1) is 6.92 Å². The minimum absolute atomic E-state index is 0.224. The summed E-state index contributed by atoms with van der Waals surface area (Å²) in [5, 5.41) is 13.0. The fraction of sp³-hybridized carbons (Fsp3) is 0.231. The number of nitrogens with zero attached hydrogens (tertiary/aromatic N) is 2. The molecule has 5 heteroatoms. The van der Waals surface area contributed by atoms with Gasteiger partial charge in [-0.3, -0.25) is 4.68 Å². The average molecular weight is 246 g/mol. The van der Waals surface area contributed by atoms with E-state index in [0.29, 0.717) is 18.9 Å². The number of hydrogen-bond acceptors (Lipinski definition) is 3. The lowest BCUT2D eigenvalue weighted by molar-refractivity contribution is 0.0696. The Labute approximate surface area is 105 Å². The van der Waals surface area contributed by atoms with Gasteiger partial charge in [0.2, 0.25) is 0 Å². The Hall–Kier alpha value is -2.30. The molecule has 0 fully saturated rings. The maximum Gasteiger partial charge on any atom is 0.335 e. The van der Waals surface area contributed by atoms with Crippen LogP contribution in [-0.2, 0) is 6.54 Å². The molecule has 0 aliphatic heterocycles. The molecule has 1 heterocycles. The number of carboxylic acid groups (broad SMARTS) is 1. The zero-order valence-electron chi connectivity index (χ0n) is 10.0. The second-order valence-electron chi connectivity index (χ2n) is 3.96. The molecule has 0 saturated carbocycles. The minimum Gasteiger partial charge on any atom is -0.492 e. The van der Waals surface area contributed by atoms with Gasteiger partial charge in [0, 0.05) is 6.20 Å². The third-order valence-electron chi connectivity index (χ3n) is 2.43. The number of aromatic carboxylic acids is 1. The van der Waals surface area contributed by atoms with E-state index in [9.17, 15) is 4.79 Å². The van der Waals surface area contributed by atoms with Crippen molar-refractivity contribution in [3.05, 3.63) is 47.8 Å². The predicted molar refractivity (Wildman–Crippen MR) is 65.9 cm³/mol. The number of ether oxygens (including phenoxy) is 1. The topological polar surface area (TPSA) is 64.4 Å². The van der Waals surface area contributed by atoms with Crippen molar-refractivity contribution >= 4 is 5.97 Å². The van der Waals surface area contributed by atoms with Crippen LogP contribution in [0.25, 0.3) is 0 Å². The Kier molecular flexibility index (Phi) is 3.62. The number of benzene rings is 1. The van der Waals surface area contributed by atoms with Gasteiger partial charge in [-0.05, 0) is 30.7 Å². The summed E-state index contributed by atoms with van der Waals surface area (Å²) < 4.78 is 7.27. The molecule has 0 radical (unpaired) electrons. The standard InChI is InChI=1S/C13H14N2O3/c1-10-8-14-15(9-10)5-6-18-12-4-2-3-11(7-12)13(16)17/h2-4,7-9H,5-6H2,1H3,(H,16,17). The van der Waals surface area contributed by atoms with Crippen molar-refractivity contribution in [1.82, 2.24) is 9.78 Å².